The van der Waals surface area contributed by atoms with Crippen molar-refractivity contribution in [2.45, 2.75) is 42.7 Å². The lowest BCUT2D eigenvalue weighted by atomic mass is 9.70. The Bertz CT molecular complexity index is 719. The number of carbonyl (C=O) groups is 1. The van der Waals surface area contributed by atoms with Gasteiger partial charge in [-0.15, -0.1) is 0 Å². The average Bonchev–Trinajstić information content (AvgIpc) is 2.92. The van der Waals surface area contributed by atoms with Gasteiger partial charge in [-0.1, -0.05) is 31.0 Å². The lowest BCUT2D eigenvalue weighted by Gasteiger charge is -2.40. The molecule has 1 fully saturated rings. The van der Waals surface area contributed by atoms with Crippen molar-refractivity contribution >= 4 is 28.8 Å². The molecule has 1 saturated carbocycles. The van der Waals surface area contributed by atoms with E-state index in [4.69, 9.17) is 0 Å². The molecular formula is C14H17N5OS. The molecule has 0 aromatic carbocycles. The second-order valence-corrected chi connectivity index (χ2v) is 6.62. The Balaban J connectivity index is 1.99. The molecule has 2 aromatic rings. The van der Waals surface area contributed by atoms with Crippen LogP contribution in [-0.4, -0.2) is 38.6 Å². The standard InChI is InChI=1S/C14H17N5OS/c1-21-12-15-7-9-10(17-12)11-14(5-3-2-4-6-14)8-16-13(20)19(11)18-9/h7H,2-6,8H2,1H3,(H,16,20). The minimum atomic E-state index is -0.148. The van der Waals surface area contributed by atoms with Crippen molar-refractivity contribution in [1.82, 2.24) is 25.1 Å². The normalized spacial score (nSPS) is 20.5. The molecule has 6 nitrogen and oxygen atoms in total. The van der Waals surface area contributed by atoms with E-state index < -0.39 is 0 Å². The maximum Gasteiger partial charge on any atom is 0.342 e. The number of hydrogen-bond donors (Lipinski definition) is 1. The number of amides is 1. The first kappa shape index (κ1) is 13.1. The molecule has 1 aliphatic heterocycles. The van der Waals surface area contributed by atoms with Gasteiger partial charge in [0.2, 0.25) is 0 Å². The summed E-state index contributed by atoms with van der Waals surface area (Å²) >= 11 is 1.51. The van der Waals surface area contributed by atoms with E-state index in [9.17, 15) is 4.79 Å². The lowest BCUT2D eigenvalue weighted by Crippen LogP contribution is -2.51. The van der Waals surface area contributed by atoms with Crippen molar-refractivity contribution in [2.75, 3.05) is 12.8 Å². The van der Waals surface area contributed by atoms with Gasteiger partial charge in [0.15, 0.2) is 5.16 Å². The number of hydrogen-bond acceptors (Lipinski definition) is 5. The summed E-state index contributed by atoms with van der Waals surface area (Å²) in [6.45, 7) is 0.700. The van der Waals surface area contributed by atoms with Gasteiger partial charge in [0.1, 0.15) is 11.0 Å². The molecule has 1 aliphatic carbocycles. The zero-order valence-electron chi connectivity index (χ0n) is 11.9. The smallest absolute Gasteiger partial charge is 0.335 e. The van der Waals surface area contributed by atoms with Crippen molar-refractivity contribution in [2.24, 2.45) is 0 Å². The maximum absolute atomic E-state index is 12.2. The quantitative estimate of drug-likeness (QED) is 0.646. The van der Waals surface area contributed by atoms with Gasteiger partial charge in [0, 0.05) is 12.0 Å². The van der Waals surface area contributed by atoms with Gasteiger partial charge in [-0.3, -0.25) is 0 Å². The van der Waals surface area contributed by atoms with Gasteiger partial charge in [0.25, 0.3) is 0 Å². The number of thioether (sulfide) groups is 1. The Morgan fingerprint density at radius 3 is 2.90 bits per heavy atom. The maximum atomic E-state index is 12.2. The number of carbonyl (C=O) groups excluding carboxylic acids is 1. The first-order valence-corrected chi connectivity index (χ1v) is 8.54. The highest BCUT2D eigenvalue weighted by Crippen LogP contribution is 2.42. The molecule has 0 bridgehead atoms. The summed E-state index contributed by atoms with van der Waals surface area (Å²) in [5.74, 6) is 0. The van der Waals surface area contributed by atoms with Crippen molar-refractivity contribution in [3.8, 4) is 0 Å². The van der Waals surface area contributed by atoms with Gasteiger partial charge in [-0.05, 0) is 19.1 Å². The Morgan fingerprint density at radius 2 is 2.14 bits per heavy atom. The van der Waals surface area contributed by atoms with E-state index in [0.717, 1.165) is 29.2 Å². The molecule has 1 spiro atoms. The van der Waals surface area contributed by atoms with Crippen molar-refractivity contribution < 1.29 is 4.79 Å². The third-order valence-corrected chi connectivity index (χ3v) is 5.22. The van der Waals surface area contributed by atoms with Gasteiger partial charge in [0.05, 0.1) is 11.9 Å². The molecule has 1 N–H and O–H groups in total. The summed E-state index contributed by atoms with van der Waals surface area (Å²) in [6.07, 6.45) is 9.53. The minimum absolute atomic E-state index is 0.00899. The van der Waals surface area contributed by atoms with Crippen LogP contribution in [0.15, 0.2) is 11.4 Å². The van der Waals surface area contributed by atoms with Crippen LogP contribution in [0.4, 0.5) is 4.79 Å². The molecular weight excluding hydrogens is 286 g/mol. The van der Waals surface area contributed by atoms with Gasteiger partial charge < -0.3 is 5.32 Å². The van der Waals surface area contributed by atoms with Gasteiger partial charge in [-0.2, -0.15) is 9.78 Å². The largest absolute Gasteiger partial charge is 0.342 e. The molecule has 0 saturated heterocycles. The molecule has 2 aromatic heterocycles. The highest BCUT2D eigenvalue weighted by molar-refractivity contribution is 7.98. The fourth-order valence-corrected chi connectivity index (χ4v) is 3.97. The van der Waals surface area contributed by atoms with Gasteiger partial charge in [-0.25, -0.2) is 14.8 Å². The lowest BCUT2D eigenvalue weighted by molar-refractivity contribution is 0.207. The number of fused-ring (bicyclic) bond motifs is 4. The molecule has 7 heteroatoms. The van der Waals surface area contributed by atoms with E-state index in [2.05, 4.69) is 20.4 Å². The second-order valence-electron chi connectivity index (χ2n) is 5.85. The zero-order valence-corrected chi connectivity index (χ0v) is 12.7. The highest BCUT2D eigenvalue weighted by atomic mass is 32.2. The molecule has 4 rings (SSSR count). The van der Waals surface area contributed by atoms with Crippen LogP contribution in [0.1, 0.15) is 37.8 Å². The molecule has 0 unspecified atom stereocenters. The van der Waals surface area contributed by atoms with E-state index in [1.165, 1.54) is 35.7 Å². The summed E-state index contributed by atoms with van der Waals surface area (Å²) in [7, 11) is 0. The summed E-state index contributed by atoms with van der Waals surface area (Å²) in [5.41, 5.74) is 2.56. The Labute approximate surface area is 126 Å². The molecule has 3 heterocycles. The molecule has 2 aliphatic rings. The van der Waals surface area contributed by atoms with E-state index in [-0.39, 0.29) is 11.4 Å². The van der Waals surface area contributed by atoms with E-state index in [1.54, 1.807) is 6.20 Å². The fraction of sp³-hybridized carbons (Fsp3) is 0.571. The number of nitrogens with one attached hydrogen (secondary N) is 1. The van der Waals surface area contributed by atoms with Crippen LogP contribution in [0.2, 0.25) is 0 Å². The Hall–Kier alpha value is -1.63. The Morgan fingerprint density at radius 1 is 1.33 bits per heavy atom. The van der Waals surface area contributed by atoms with E-state index in [1.807, 2.05) is 6.26 Å². The van der Waals surface area contributed by atoms with Crippen LogP contribution in [0, 0.1) is 0 Å². The van der Waals surface area contributed by atoms with Crippen LogP contribution < -0.4 is 5.32 Å². The fourth-order valence-electron chi connectivity index (χ4n) is 3.63. The topological polar surface area (TPSA) is 72.7 Å². The van der Waals surface area contributed by atoms with Crippen LogP contribution in [0.25, 0.3) is 11.0 Å². The summed E-state index contributed by atoms with van der Waals surface area (Å²) < 4.78 is 1.53. The average molecular weight is 303 g/mol. The molecule has 0 atom stereocenters. The minimum Gasteiger partial charge on any atom is -0.335 e. The number of rotatable bonds is 1. The number of aromatic nitrogens is 4. The first-order valence-electron chi connectivity index (χ1n) is 7.32. The van der Waals surface area contributed by atoms with Crippen LogP contribution in [0.5, 0.6) is 0 Å². The highest BCUT2D eigenvalue weighted by Gasteiger charge is 2.43. The SMILES string of the molecule is CSc1ncc2nn3c(c2n1)C1(CCCCC1)CNC3=O. The van der Waals surface area contributed by atoms with E-state index >= 15 is 0 Å². The Kier molecular flexibility index (Phi) is 2.92. The summed E-state index contributed by atoms with van der Waals surface area (Å²) in [6, 6.07) is -0.148. The summed E-state index contributed by atoms with van der Waals surface area (Å²) in [5, 5.41) is 8.16. The molecule has 21 heavy (non-hydrogen) atoms. The molecule has 1 amide bonds. The predicted octanol–water partition coefficient (Wildman–Crippen LogP) is 2.32. The van der Waals surface area contributed by atoms with Crippen molar-refractivity contribution in [3.63, 3.8) is 0 Å². The van der Waals surface area contributed by atoms with Crippen LogP contribution in [-0.2, 0) is 5.41 Å². The number of nitrogens with zero attached hydrogens (tertiary/aromatic N) is 4. The van der Waals surface area contributed by atoms with Crippen LogP contribution >= 0.6 is 11.8 Å². The van der Waals surface area contributed by atoms with Crippen molar-refractivity contribution in [3.05, 3.63) is 11.9 Å². The molecule has 110 valence electrons. The third kappa shape index (κ3) is 1.87. The van der Waals surface area contributed by atoms with Gasteiger partial charge >= 0.3 is 6.03 Å². The first-order chi connectivity index (χ1) is 10.2. The predicted molar refractivity (Wildman–Crippen MR) is 80.7 cm³/mol. The molecule has 0 radical (unpaired) electrons. The monoisotopic (exact) mass is 303 g/mol. The van der Waals surface area contributed by atoms with Crippen LogP contribution in [0.3, 0.4) is 0 Å². The summed E-state index contributed by atoms with van der Waals surface area (Å²) in [4.78, 5) is 21.1. The van der Waals surface area contributed by atoms with Crippen molar-refractivity contribution in [1.29, 1.82) is 0 Å². The third-order valence-electron chi connectivity index (χ3n) is 4.66. The van der Waals surface area contributed by atoms with E-state index in [0.29, 0.717) is 12.1 Å². The zero-order chi connectivity index (χ0) is 14.4. The second kappa shape index (κ2) is 4.69.